The topological polar surface area (TPSA) is 87.8 Å². The van der Waals surface area contributed by atoms with E-state index in [9.17, 15) is 9.59 Å². The molecule has 0 aliphatic heterocycles. The summed E-state index contributed by atoms with van der Waals surface area (Å²) >= 11 is 0. The molecule has 0 aliphatic rings. The molecule has 1 unspecified atom stereocenters. The molecule has 2 N–H and O–H groups in total. The zero-order valence-electron chi connectivity index (χ0n) is 12.9. The molecule has 0 fully saturated rings. The zero-order chi connectivity index (χ0) is 15.6. The Balaban J connectivity index is 2.66. The van der Waals surface area contributed by atoms with E-state index >= 15 is 0 Å². The molecule has 0 saturated heterocycles. The van der Waals surface area contributed by atoms with Gasteiger partial charge in [-0.3, -0.25) is 13.9 Å². The van der Waals surface area contributed by atoms with Crippen molar-refractivity contribution in [2.75, 3.05) is 6.54 Å². The maximum absolute atomic E-state index is 12.4. The van der Waals surface area contributed by atoms with Crippen molar-refractivity contribution < 1.29 is 0 Å². The van der Waals surface area contributed by atoms with Gasteiger partial charge in [-0.1, -0.05) is 6.92 Å². The van der Waals surface area contributed by atoms with Gasteiger partial charge in [-0.15, -0.1) is 0 Å². The van der Waals surface area contributed by atoms with Crippen molar-refractivity contribution in [3.8, 4) is 0 Å². The summed E-state index contributed by atoms with van der Waals surface area (Å²) in [7, 11) is 1.51. The molecule has 0 bridgehead atoms. The van der Waals surface area contributed by atoms with E-state index in [0.717, 1.165) is 23.8 Å². The number of fused-ring (bicyclic) bond motifs is 1. The smallest absolute Gasteiger partial charge is 0.330 e. The summed E-state index contributed by atoms with van der Waals surface area (Å²) in [4.78, 5) is 29.0. The Kier molecular flexibility index (Phi) is 4.62. The second-order valence-corrected chi connectivity index (χ2v) is 5.38. The van der Waals surface area contributed by atoms with Gasteiger partial charge in [0.05, 0.1) is 6.33 Å². The summed E-state index contributed by atoms with van der Waals surface area (Å²) in [5.74, 6) is 0. The fourth-order valence-corrected chi connectivity index (χ4v) is 2.44. The van der Waals surface area contributed by atoms with Gasteiger partial charge in [-0.2, -0.15) is 0 Å². The van der Waals surface area contributed by atoms with E-state index in [1.807, 2.05) is 18.4 Å². The van der Waals surface area contributed by atoms with Crippen LogP contribution in [0.4, 0.5) is 0 Å². The number of nitrogens with zero attached hydrogens (tertiary/aromatic N) is 4. The number of unbranched alkanes of at least 4 members (excludes halogenated alkanes) is 1. The van der Waals surface area contributed by atoms with Crippen molar-refractivity contribution in [3.05, 3.63) is 27.2 Å². The number of rotatable bonds is 6. The van der Waals surface area contributed by atoms with Crippen molar-refractivity contribution in [1.29, 1.82) is 0 Å². The maximum Gasteiger partial charge on any atom is 0.332 e. The third-order valence-electron chi connectivity index (χ3n) is 3.93. The van der Waals surface area contributed by atoms with Gasteiger partial charge in [0.25, 0.3) is 5.56 Å². The highest BCUT2D eigenvalue weighted by Gasteiger charge is 2.18. The highest BCUT2D eigenvalue weighted by atomic mass is 16.2. The minimum atomic E-state index is -0.311. The van der Waals surface area contributed by atoms with Crippen LogP contribution in [0.3, 0.4) is 0 Å². The monoisotopic (exact) mass is 293 g/mol. The molecule has 21 heavy (non-hydrogen) atoms. The maximum atomic E-state index is 12.4. The highest BCUT2D eigenvalue weighted by molar-refractivity contribution is 5.70. The van der Waals surface area contributed by atoms with Crippen molar-refractivity contribution in [1.82, 2.24) is 18.7 Å². The molecule has 0 amide bonds. The Hall–Kier alpha value is -1.89. The lowest BCUT2D eigenvalue weighted by Crippen LogP contribution is -2.39. The average molecular weight is 293 g/mol. The lowest BCUT2D eigenvalue weighted by molar-refractivity contribution is 0.499. The lowest BCUT2D eigenvalue weighted by atomic mass is 10.2. The Morgan fingerprint density at radius 2 is 2.05 bits per heavy atom. The van der Waals surface area contributed by atoms with E-state index in [0.29, 0.717) is 24.3 Å². The SMILES string of the molecule is CCC(C)n1c(=O)n(C)c(=O)c2c1ncn2CCCCN. The van der Waals surface area contributed by atoms with Gasteiger partial charge in [0, 0.05) is 19.6 Å². The number of hydrogen-bond donors (Lipinski definition) is 1. The van der Waals surface area contributed by atoms with Gasteiger partial charge in [0.1, 0.15) is 0 Å². The van der Waals surface area contributed by atoms with Crippen LogP contribution in [0.1, 0.15) is 39.2 Å². The van der Waals surface area contributed by atoms with E-state index in [4.69, 9.17) is 5.73 Å². The minimum absolute atomic E-state index is 0.000748. The molecule has 1 atom stereocenters. The number of aryl methyl sites for hydroxylation is 1. The number of hydrogen-bond acceptors (Lipinski definition) is 4. The first-order valence-corrected chi connectivity index (χ1v) is 7.39. The minimum Gasteiger partial charge on any atom is -0.330 e. The van der Waals surface area contributed by atoms with Crippen LogP contribution in [0, 0.1) is 0 Å². The molecule has 0 spiro atoms. The number of nitrogens with two attached hydrogens (primary N) is 1. The summed E-state index contributed by atoms with van der Waals surface area (Å²) in [5.41, 5.74) is 5.87. The van der Waals surface area contributed by atoms with Crippen molar-refractivity contribution in [2.24, 2.45) is 12.8 Å². The highest BCUT2D eigenvalue weighted by Crippen LogP contribution is 2.14. The van der Waals surface area contributed by atoms with Crippen LogP contribution >= 0.6 is 0 Å². The van der Waals surface area contributed by atoms with Crippen LogP contribution in [-0.2, 0) is 13.6 Å². The van der Waals surface area contributed by atoms with Crippen LogP contribution < -0.4 is 17.0 Å². The quantitative estimate of drug-likeness (QED) is 0.790. The molecule has 0 radical (unpaired) electrons. The first kappa shape index (κ1) is 15.5. The number of imidazole rings is 1. The van der Waals surface area contributed by atoms with Crippen molar-refractivity contribution in [2.45, 2.75) is 45.7 Å². The summed E-state index contributed by atoms with van der Waals surface area (Å²) in [6.07, 6.45) is 4.21. The molecule has 2 rings (SSSR count). The average Bonchev–Trinajstić information content (AvgIpc) is 2.89. The van der Waals surface area contributed by atoms with Gasteiger partial charge < -0.3 is 10.3 Å². The predicted molar refractivity (Wildman–Crippen MR) is 82.5 cm³/mol. The van der Waals surface area contributed by atoms with Gasteiger partial charge in [-0.25, -0.2) is 9.78 Å². The molecule has 2 aromatic heterocycles. The molecule has 0 saturated carbocycles. The van der Waals surface area contributed by atoms with Gasteiger partial charge in [0.2, 0.25) is 0 Å². The summed E-state index contributed by atoms with van der Waals surface area (Å²) < 4.78 is 4.59. The Morgan fingerprint density at radius 1 is 1.33 bits per heavy atom. The molecule has 0 aromatic carbocycles. The molecule has 2 heterocycles. The fraction of sp³-hybridized carbons (Fsp3) is 0.643. The molecule has 7 nitrogen and oxygen atoms in total. The molecule has 7 heteroatoms. The molecular formula is C14H23N5O2. The molecule has 116 valence electrons. The molecular weight excluding hydrogens is 270 g/mol. The third-order valence-corrected chi connectivity index (χ3v) is 3.93. The fourth-order valence-electron chi connectivity index (χ4n) is 2.44. The van der Waals surface area contributed by atoms with E-state index in [1.165, 1.54) is 7.05 Å². The largest absolute Gasteiger partial charge is 0.332 e. The van der Waals surface area contributed by atoms with Crippen LogP contribution in [0.2, 0.25) is 0 Å². The van der Waals surface area contributed by atoms with E-state index in [2.05, 4.69) is 4.98 Å². The summed E-state index contributed by atoms with van der Waals surface area (Å²) in [6.45, 7) is 5.27. The normalized spacial score (nSPS) is 13.0. The standard InChI is InChI=1S/C14H23N5O2/c1-4-10(2)19-12-11(13(20)17(3)14(19)21)18(9-16-12)8-6-5-7-15/h9-10H,4-8,15H2,1-3H3. The number of aromatic nitrogens is 4. The predicted octanol–water partition coefficient (Wildman–Crippen LogP) is 0.607. The lowest BCUT2D eigenvalue weighted by Gasteiger charge is -2.15. The zero-order valence-corrected chi connectivity index (χ0v) is 12.9. The van der Waals surface area contributed by atoms with Crippen molar-refractivity contribution >= 4 is 11.2 Å². The van der Waals surface area contributed by atoms with Crippen LogP contribution in [-0.4, -0.2) is 25.2 Å². The van der Waals surface area contributed by atoms with Crippen LogP contribution in [0.5, 0.6) is 0 Å². The summed E-state index contributed by atoms with van der Waals surface area (Å²) in [6, 6.07) is -0.000748. The molecule has 0 aliphatic carbocycles. The Morgan fingerprint density at radius 3 is 2.67 bits per heavy atom. The van der Waals surface area contributed by atoms with Crippen molar-refractivity contribution in [3.63, 3.8) is 0 Å². The first-order chi connectivity index (χ1) is 10.0. The van der Waals surface area contributed by atoms with Gasteiger partial charge in [-0.05, 0) is 32.7 Å². The molecule has 2 aromatic rings. The van der Waals surface area contributed by atoms with E-state index < -0.39 is 0 Å². The van der Waals surface area contributed by atoms with Crippen LogP contribution in [0.15, 0.2) is 15.9 Å². The Labute approximate surface area is 123 Å². The second kappa shape index (κ2) is 6.26. The van der Waals surface area contributed by atoms with Gasteiger partial charge >= 0.3 is 5.69 Å². The van der Waals surface area contributed by atoms with Crippen LogP contribution in [0.25, 0.3) is 11.2 Å². The summed E-state index contributed by atoms with van der Waals surface area (Å²) in [5, 5.41) is 0. The van der Waals surface area contributed by atoms with Gasteiger partial charge in [0.15, 0.2) is 11.2 Å². The Bertz CT molecular complexity index is 740. The third kappa shape index (κ3) is 2.65. The first-order valence-electron chi connectivity index (χ1n) is 7.39. The van der Waals surface area contributed by atoms with E-state index in [-0.39, 0.29) is 17.3 Å². The van der Waals surface area contributed by atoms with E-state index in [1.54, 1.807) is 10.9 Å². The second-order valence-electron chi connectivity index (χ2n) is 5.38.